The second-order valence-electron chi connectivity index (χ2n) is 4.66. The van der Waals surface area contributed by atoms with E-state index >= 15 is 0 Å². The van der Waals surface area contributed by atoms with Crippen molar-refractivity contribution in [2.75, 3.05) is 0 Å². The topological polar surface area (TPSA) is 80.9 Å². The first-order valence-corrected chi connectivity index (χ1v) is 6.74. The lowest BCUT2D eigenvalue weighted by molar-refractivity contribution is -0.138. The van der Waals surface area contributed by atoms with Crippen molar-refractivity contribution >= 4 is 5.97 Å². The summed E-state index contributed by atoms with van der Waals surface area (Å²) in [6, 6.07) is 7.77. The fraction of sp³-hybridized carbons (Fsp3) is 0.429. The Morgan fingerprint density at radius 1 is 1.30 bits per heavy atom. The van der Waals surface area contributed by atoms with Crippen LogP contribution in [0.2, 0.25) is 0 Å². The summed E-state index contributed by atoms with van der Waals surface area (Å²) in [5.74, 6) is -0.236. The van der Waals surface area contributed by atoms with Gasteiger partial charge in [-0.2, -0.15) is 0 Å². The van der Waals surface area contributed by atoms with Gasteiger partial charge < -0.3 is 5.11 Å². The average molecular weight is 274 g/mol. The molecule has 6 nitrogen and oxygen atoms in total. The molecule has 0 saturated heterocycles. The number of hydrogen-bond acceptors (Lipinski definition) is 4. The highest BCUT2D eigenvalue weighted by molar-refractivity contribution is 5.67. The van der Waals surface area contributed by atoms with Crippen LogP contribution in [0.5, 0.6) is 0 Å². The Kier molecular flexibility index (Phi) is 4.45. The first-order valence-electron chi connectivity index (χ1n) is 6.74. The third-order valence-electron chi connectivity index (χ3n) is 3.34. The Labute approximate surface area is 117 Å². The number of aliphatic carboxylic acids is 1. The van der Waals surface area contributed by atoms with Gasteiger partial charge in [0.2, 0.25) is 0 Å². The number of aryl methyl sites for hydroxylation is 1. The highest BCUT2D eigenvalue weighted by Crippen LogP contribution is 2.23. The van der Waals surface area contributed by atoms with Crippen LogP contribution in [-0.2, 0) is 11.2 Å². The predicted octanol–water partition coefficient (Wildman–Crippen LogP) is 2.33. The molecule has 0 amide bonds. The minimum atomic E-state index is -0.848. The summed E-state index contributed by atoms with van der Waals surface area (Å²) in [5, 5.41) is 20.6. The van der Waals surface area contributed by atoms with E-state index < -0.39 is 5.97 Å². The Morgan fingerprint density at radius 2 is 2.00 bits per heavy atom. The highest BCUT2D eigenvalue weighted by atomic mass is 16.4. The molecule has 0 radical (unpaired) electrons. The van der Waals surface area contributed by atoms with Gasteiger partial charge in [-0.05, 0) is 28.8 Å². The van der Waals surface area contributed by atoms with Crippen LogP contribution in [0.1, 0.15) is 38.3 Å². The number of carbonyl (C=O) groups is 1. The van der Waals surface area contributed by atoms with E-state index in [2.05, 4.69) is 22.4 Å². The number of carboxylic acids is 1. The zero-order valence-corrected chi connectivity index (χ0v) is 11.7. The molecule has 1 aromatic carbocycles. The van der Waals surface area contributed by atoms with E-state index in [4.69, 9.17) is 5.11 Å². The molecule has 1 N–H and O–H groups in total. The Hall–Kier alpha value is -2.24. The van der Waals surface area contributed by atoms with E-state index in [9.17, 15) is 4.79 Å². The molecule has 0 spiro atoms. The number of tetrazole rings is 1. The molecule has 1 aromatic heterocycles. The molecule has 0 saturated carbocycles. The molecule has 0 bridgehead atoms. The largest absolute Gasteiger partial charge is 0.481 e. The number of hydrogen-bond donors (Lipinski definition) is 1. The summed E-state index contributed by atoms with van der Waals surface area (Å²) in [7, 11) is 0. The van der Waals surface area contributed by atoms with Crippen LogP contribution in [0.4, 0.5) is 0 Å². The molecular weight excluding hydrogens is 256 g/mol. The van der Waals surface area contributed by atoms with Crippen molar-refractivity contribution in [3.05, 3.63) is 29.8 Å². The Morgan fingerprint density at radius 3 is 2.55 bits per heavy atom. The maximum atomic E-state index is 10.9. The normalized spacial score (nSPS) is 12.3. The monoisotopic (exact) mass is 274 g/mol. The Bertz CT molecular complexity index is 577. The third kappa shape index (κ3) is 3.01. The predicted molar refractivity (Wildman–Crippen MR) is 74.2 cm³/mol. The van der Waals surface area contributed by atoms with Crippen LogP contribution in [0.25, 0.3) is 11.4 Å². The van der Waals surface area contributed by atoms with Crippen LogP contribution < -0.4 is 0 Å². The number of benzene rings is 1. The number of aromatic nitrogens is 4. The van der Waals surface area contributed by atoms with Gasteiger partial charge in [-0.15, -0.1) is 5.10 Å². The molecule has 1 atom stereocenters. The standard InChI is InChI=1S/C14H18N4O2/c1-3-10-5-7-11(8-6-10)14-15-16-17-18(14)12(4-2)9-13(19)20/h5-8,12H,3-4,9H2,1-2H3,(H,19,20). The van der Waals surface area contributed by atoms with E-state index in [1.807, 2.05) is 31.2 Å². The first-order chi connectivity index (χ1) is 9.65. The van der Waals surface area contributed by atoms with Crippen LogP contribution >= 0.6 is 0 Å². The van der Waals surface area contributed by atoms with E-state index in [0.717, 1.165) is 12.0 Å². The van der Waals surface area contributed by atoms with Crippen molar-refractivity contribution in [3.63, 3.8) is 0 Å². The second kappa shape index (κ2) is 6.27. The molecule has 20 heavy (non-hydrogen) atoms. The minimum absolute atomic E-state index is 0.0155. The molecule has 106 valence electrons. The zero-order valence-electron chi connectivity index (χ0n) is 11.7. The highest BCUT2D eigenvalue weighted by Gasteiger charge is 2.19. The van der Waals surface area contributed by atoms with Gasteiger partial charge in [0.05, 0.1) is 12.5 Å². The van der Waals surface area contributed by atoms with Gasteiger partial charge >= 0.3 is 5.97 Å². The summed E-state index contributed by atoms with van der Waals surface area (Å²) >= 11 is 0. The van der Waals surface area contributed by atoms with Gasteiger partial charge in [0.15, 0.2) is 5.82 Å². The maximum Gasteiger partial charge on any atom is 0.305 e. The third-order valence-corrected chi connectivity index (χ3v) is 3.34. The lowest BCUT2D eigenvalue weighted by atomic mass is 10.1. The van der Waals surface area contributed by atoms with Gasteiger partial charge in [0, 0.05) is 5.56 Å². The Balaban J connectivity index is 2.33. The second-order valence-corrected chi connectivity index (χ2v) is 4.66. The lowest BCUT2D eigenvalue weighted by Gasteiger charge is -2.14. The fourth-order valence-corrected chi connectivity index (χ4v) is 2.12. The zero-order chi connectivity index (χ0) is 14.5. The summed E-state index contributed by atoms with van der Waals surface area (Å²) in [4.78, 5) is 10.9. The van der Waals surface area contributed by atoms with Crippen molar-refractivity contribution in [3.8, 4) is 11.4 Å². The van der Waals surface area contributed by atoms with Crippen molar-refractivity contribution in [1.29, 1.82) is 0 Å². The molecule has 1 unspecified atom stereocenters. The van der Waals surface area contributed by atoms with Crippen LogP contribution in [0, 0.1) is 0 Å². The summed E-state index contributed by atoms with van der Waals surface area (Å²) in [6.45, 7) is 4.03. The average Bonchev–Trinajstić information content (AvgIpc) is 2.94. The molecule has 2 aromatic rings. The van der Waals surface area contributed by atoms with E-state index in [1.54, 1.807) is 4.68 Å². The summed E-state index contributed by atoms with van der Waals surface area (Å²) in [6.07, 6.45) is 1.65. The van der Waals surface area contributed by atoms with E-state index in [1.165, 1.54) is 5.56 Å². The van der Waals surface area contributed by atoms with Gasteiger partial charge in [0.1, 0.15) is 0 Å². The van der Waals surface area contributed by atoms with Crippen LogP contribution in [0.3, 0.4) is 0 Å². The van der Waals surface area contributed by atoms with E-state index in [-0.39, 0.29) is 12.5 Å². The SMILES string of the molecule is CCc1ccc(-c2nnnn2C(CC)CC(=O)O)cc1. The van der Waals surface area contributed by atoms with Crippen molar-refractivity contribution < 1.29 is 9.90 Å². The fourth-order valence-electron chi connectivity index (χ4n) is 2.12. The van der Waals surface area contributed by atoms with Crippen LogP contribution in [0.15, 0.2) is 24.3 Å². The van der Waals surface area contributed by atoms with Crippen molar-refractivity contribution in [2.24, 2.45) is 0 Å². The summed E-state index contributed by atoms with van der Waals surface area (Å²) < 4.78 is 1.61. The van der Waals surface area contributed by atoms with Gasteiger partial charge in [0.25, 0.3) is 0 Å². The van der Waals surface area contributed by atoms with Crippen molar-refractivity contribution in [2.45, 2.75) is 39.2 Å². The molecule has 0 aliphatic carbocycles. The molecule has 6 heteroatoms. The molecule has 0 aliphatic rings. The number of carboxylic acid groups (broad SMARTS) is 1. The lowest BCUT2D eigenvalue weighted by Crippen LogP contribution is -2.15. The molecule has 0 fully saturated rings. The summed E-state index contributed by atoms with van der Waals surface area (Å²) in [5.41, 5.74) is 2.14. The van der Waals surface area contributed by atoms with Crippen molar-refractivity contribution in [1.82, 2.24) is 20.2 Å². The molecule has 1 heterocycles. The van der Waals surface area contributed by atoms with Crippen LogP contribution in [-0.4, -0.2) is 31.3 Å². The molecule has 2 rings (SSSR count). The van der Waals surface area contributed by atoms with Gasteiger partial charge in [-0.3, -0.25) is 4.79 Å². The maximum absolute atomic E-state index is 10.9. The van der Waals surface area contributed by atoms with E-state index in [0.29, 0.717) is 12.2 Å². The minimum Gasteiger partial charge on any atom is -0.481 e. The molecular formula is C14H18N4O2. The first kappa shape index (κ1) is 14.2. The smallest absolute Gasteiger partial charge is 0.305 e. The quantitative estimate of drug-likeness (QED) is 0.874. The molecule has 0 aliphatic heterocycles. The van der Waals surface area contributed by atoms with Gasteiger partial charge in [-0.25, -0.2) is 4.68 Å². The number of nitrogens with zero attached hydrogens (tertiary/aromatic N) is 4. The van der Waals surface area contributed by atoms with Gasteiger partial charge in [-0.1, -0.05) is 38.1 Å². The number of rotatable bonds is 6.